The molecule has 0 radical (unpaired) electrons. The van der Waals surface area contributed by atoms with Crippen LogP contribution in [0.4, 0.5) is 10.1 Å². The normalized spacial score (nSPS) is 19.1. The molecule has 8 nitrogen and oxygen atoms in total. The summed E-state index contributed by atoms with van der Waals surface area (Å²) in [5.41, 5.74) is 11.6. The van der Waals surface area contributed by atoms with E-state index in [-0.39, 0.29) is 33.4 Å². The predicted octanol–water partition coefficient (Wildman–Crippen LogP) is 3.07. The highest BCUT2D eigenvalue weighted by Crippen LogP contribution is 2.49. The number of amides is 1. The van der Waals surface area contributed by atoms with Crippen molar-refractivity contribution in [3.63, 3.8) is 0 Å². The number of anilines is 1. The van der Waals surface area contributed by atoms with Gasteiger partial charge < -0.3 is 30.8 Å². The van der Waals surface area contributed by atoms with E-state index >= 15 is 4.39 Å². The van der Waals surface area contributed by atoms with Gasteiger partial charge >= 0.3 is 0 Å². The summed E-state index contributed by atoms with van der Waals surface area (Å²) in [6, 6.07) is 1.27. The van der Waals surface area contributed by atoms with E-state index in [4.69, 9.17) is 16.2 Å². The first kappa shape index (κ1) is 22.0. The van der Waals surface area contributed by atoms with Crippen LogP contribution in [0, 0.1) is 11.7 Å². The van der Waals surface area contributed by atoms with E-state index in [0.717, 1.165) is 30.6 Å². The zero-order valence-corrected chi connectivity index (χ0v) is 19.6. The summed E-state index contributed by atoms with van der Waals surface area (Å²) >= 11 is 0.980. The van der Waals surface area contributed by atoms with E-state index in [9.17, 15) is 14.7 Å². The van der Waals surface area contributed by atoms with E-state index < -0.39 is 28.4 Å². The van der Waals surface area contributed by atoms with Gasteiger partial charge in [-0.2, -0.15) is 0 Å². The van der Waals surface area contributed by atoms with Gasteiger partial charge in [0.1, 0.15) is 20.8 Å². The molecule has 2 aliphatic rings. The van der Waals surface area contributed by atoms with Gasteiger partial charge in [0.15, 0.2) is 17.3 Å². The standard InChI is InChI=1S/C23H27FN4O4S/c1-23(2,26)10-6-7-27(9-10)16-13(24)8-12-15(19(16)32-3)28(11-4-5-11)22-14(17(12)29)18(30)20(33-22)21(25)31/h8,10-11,30H,4-7,9,26H2,1-3H3,(H2,25,31). The fourth-order valence-corrected chi connectivity index (χ4v) is 6.07. The lowest BCUT2D eigenvalue weighted by Crippen LogP contribution is -2.42. The topological polar surface area (TPSA) is 124 Å². The van der Waals surface area contributed by atoms with E-state index in [1.54, 1.807) is 0 Å². The first-order valence-electron chi connectivity index (χ1n) is 11.0. The minimum Gasteiger partial charge on any atom is -0.505 e. The number of hydrogen-bond donors (Lipinski definition) is 3. The summed E-state index contributed by atoms with van der Waals surface area (Å²) in [7, 11) is 1.46. The van der Waals surface area contributed by atoms with E-state index in [1.165, 1.54) is 13.2 Å². The maximum atomic E-state index is 15.6. The highest BCUT2D eigenvalue weighted by atomic mass is 32.1. The molecule has 1 unspecified atom stereocenters. The number of nitrogens with two attached hydrogens (primary N) is 2. The number of rotatable bonds is 5. The third-order valence-corrected chi connectivity index (χ3v) is 8.07. The number of primary amides is 1. The van der Waals surface area contributed by atoms with Crippen molar-refractivity contribution in [3.05, 3.63) is 27.0 Å². The zero-order chi connectivity index (χ0) is 23.8. The Morgan fingerprint density at radius 3 is 2.58 bits per heavy atom. The van der Waals surface area contributed by atoms with Crippen molar-refractivity contribution in [2.75, 3.05) is 25.1 Å². The lowest BCUT2D eigenvalue weighted by molar-refractivity contribution is 0.100. The number of ether oxygens (including phenoxy) is 1. The molecule has 1 aromatic carbocycles. The fourth-order valence-electron chi connectivity index (χ4n) is 4.95. The molecule has 3 heterocycles. The van der Waals surface area contributed by atoms with Gasteiger partial charge in [0.25, 0.3) is 5.91 Å². The molecule has 5 N–H and O–H groups in total. The smallest absolute Gasteiger partial charge is 0.262 e. The van der Waals surface area contributed by atoms with Gasteiger partial charge in [-0.3, -0.25) is 9.59 Å². The van der Waals surface area contributed by atoms with Crippen LogP contribution in [0.1, 0.15) is 48.8 Å². The lowest BCUT2D eigenvalue weighted by atomic mass is 9.88. The Balaban J connectivity index is 1.84. The number of pyridine rings is 1. The third-order valence-electron chi connectivity index (χ3n) is 6.88. The number of hydrogen-bond acceptors (Lipinski definition) is 7. The molecule has 1 amide bonds. The Morgan fingerprint density at radius 1 is 1.33 bits per heavy atom. The summed E-state index contributed by atoms with van der Waals surface area (Å²) in [6.07, 6.45) is 2.54. The molecule has 1 atom stereocenters. The lowest BCUT2D eigenvalue weighted by Gasteiger charge is -2.28. The Kier molecular flexibility index (Phi) is 4.88. The molecule has 5 rings (SSSR count). The second kappa shape index (κ2) is 7.33. The van der Waals surface area contributed by atoms with Gasteiger partial charge in [-0.05, 0) is 45.1 Å². The van der Waals surface area contributed by atoms with Crippen molar-refractivity contribution in [1.29, 1.82) is 0 Å². The number of thiophene rings is 1. The van der Waals surface area contributed by atoms with Gasteiger partial charge in [0.05, 0.1) is 18.0 Å². The van der Waals surface area contributed by atoms with E-state index in [1.807, 2.05) is 23.3 Å². The van der Waals surface area contributed by atoms with Crippen molar-refractivity contribution in [2.45, 2.75) is 44.7 Å². The molecule has 0 bridgehead atoms. The molecule has 176 valence electrons. The SMILES string of the molecule is COc1c(N2CCC(C(C)(C)N)C2)c(F)cc2c(=O)c3c(O)c(C(N)=O)sc3n(C3CC3)c12. The minimum atomic E-state index is -0.814. The van der Waals surface area contributed by atoms with Crippen LogP contribution >= 0.6 is 11.3 Å². The number of aromatic hydroxyl groups is 1. The third kappa shape index (κ3) is 3.26. The van der Waals surface area contributed by atoms with Crippen molar-refractivity contribution in [3.8, 4) is 11.5 Å². The van der Waals surface area contributed by atoms with Gasteiger partial charge in [0.2, 0.25) is 5.43 Å². The second-order valence-corrected chi connectivity index (χ2v) is 10.6. The number of nitrogens with zero attached hydrogens (tertiary/aromatic N) is 2. The molecule has 2 aromatic heterocycles. The Bertz CT molecular complexity index is 1370. The average Bonchev–Trinajstić information content (AvgIpc) is 3.32. The number of methoxy groups -OCH3 is 1. The summed E-state index contributed by atoms with van der Waals surface area (Å²) < 4.78 is 23.2. The first-order chi connectivity index (χ1) is 15.5. The van der Waals surface area contributed by atoms with Gasteiger partial charge in [-0.25, -0.2) is 4.39 Å². The summed E-state index contributed by atoms with van der Waals surface area (Å²) in [5.74, 6) is -1.37. The average molecular weight is 475 g/mol. The molecule has 1 saturated heterocycles. The highest BCUT2D eigenvalue weighted by molar-refractivity contribution is 7.21. The van der Waals surface area contributed by atoms with Crippen molar-refractivity contribution >= 4 is 44.1 Å². The van der Waals surface area contributed by atoms with Crippen LogP contribution in [-0.2, 0) is 0 Å². The summed E-state index contributed by atoms with van der Waals surface area (Å²) in [6.45, 7) is 5.13. The highest BCUT2D eigenvalue weighted by Gasteiger charge is 2.37. The van der Waals surface area contributed by atoms with Crippen LogP contribution in [0.5, 0.6) is 11.5 Å². The van der Waals surface area contributed by atoms with Gasteiger partial charge in [-0.15, -0.1) is 11.3 Å². The van der Waals surface area contributed by atoms with Crippen LogP contribution in [-0.4, -0.2) is 41.3 Å². The van der Waals surface area contributed by atoms with Crippen LogP contribution in [0.2, 0.25) is 0 Å². The zero-order valence-electron chi connectivity index (χ0n) is 18.8. The molecule has 2 fully saturated rings. The Labute approximate surface area is 193 Å². The first-order valence-corrected chi connectivity index (χ1v) is 11.8. The molecule has 1 saturated carbocycles. The quantitative estimate of drug-likeness (QED) is 0.522. The maximum Gasteiger partial charge on any atom is 0.262 e. The number of carbonyl (C=O) groups is 1. The van der Waals surface area contributed by atoms with E-state index in [2.05, 4.69) is 0 Å². The molecular weight excluding hydrogens is 447 g/mol. The number of halogens is 1. The van der Waals surface area contributed by atoms with E-state index in [0.29, 0.717) is 29.1 Å². The van der Waals surface area contributed by atoms with Gasteiger partial charge in [-0.1, -0.05) is 0 Å². The summed E-state index contributed by atoms with van der Waals surface area (Å²) in [5, 5.41) is 10.7. The Hall–Kier alpha value is -2.85. The minimum absolute atomic E-state index is 0.00600. The predicted molar refractivity (Wildman–Crippen MR) is 127 cm³/mol. The molecule has 33 heavy (non-hydrogen) atoms. The Morgan fingerprint density at radius 2 is 2.03 bits per heavy atom. The number of aromatic nitrogens is 1. The maximum absolute atomic E-state index is 15.6. The molecule has 1 aliphatic carbocycles. The second-order valence-electron chi connectivity index (χ2n) is 9.64. The molecule has 1 aliphatic heterocycles. The van der Waals surface area contributed by atoms with Crippen LogP contribution < -0.4 is 26.5 Å². The van der Waals surface area contributed by atoms with Crippen molar-refractivity contribution in [1.82, 2.24) is 4.57 Å². The number of carbonyl (C=O) groups excluding carboxylic acids is 1. The summed E-state index contributed by atoms with van der Waals surface area (Å²) in [4.78, 5) is 27.6. The largest absolute Gasteiger partial charge is 0.505 e. The molecule has 3 aromatic rings. The molecular formula is C23H27FN4O4S. The van der Waals surface area contributed by atoms with Crippen LogP contribution in [0.15, 0.2) is 10.9 Å². The van der Waals surface area contributed by atoms with Crippen LogP contribution in [0.25, 0.3) is 21.1 Å². The number of benzene rings is 1. The van der Waals surface area contributed by atoms with Crippen molar-refractivity contribution in [2.24, 2.45) is 17.4 Å². The fraction of sp³-hybridized carbons (Fsp3) is 0.478. The van der Waals surface area contributed by atoms with Crippen molar-refractivity contribution < 1.29 is 19.0 Å². The molecule has 0 spiro atoms. The molecule has 10 heteroatoms. The monoisotopic (exact) mass is 474 g/mol. The van der Waals surface area contributed by atoms with Gasteiger partial charge in [0, 0.05) is 24.7 Å². The number of fused-ring (bicyclic) bond motifs is 2. The van der Waals surface area contributed by atoms with Crippen LogP contribution in [0.3, 0.4) is 0 Å².